The second kappa shape index (κ2) is 9.32. The van der Waals surface area contributed by atoms with Gasteiger partial charge in [0.2, 0.25) is 0 Å². The summed E-state index contributed by atoms with van der Waals surface area (Å²) in [6.45, 7) is 0.375. The summed E-state index contributed by atoms with van der Waals surface area (Å²) in [5, 5.41) is 5.05. The lowest BCUT2D eigenvalue weighted by molar-refractivity contribution is 0.0747. The van der Waals surface area contributed by atoms with E-state index in [1.54, 1.807) is 11.0 Å². The number of ether oxygens (including phenoxy) is 1. The van der Waals surface area contributed by atoms with Gasteiger partial charge in [0.25, 0.3) is 0 Å². The number of nitrogens with zero attached hydrogens (tertiary/aromatic N) is 3. The third-order valence-corrected chi connectivity index (χ3v) is 4.90. The molecule has 1 aromatic heterocycles. The van der Waals surface area contributed by atoms with Crippen LogP contribution in [0.25, 0.3) is 11.8 Å². The number of benzene rings is 3. The molecular weight excluding hydrogens is 382 g/mol. The van der Waals surface area contributed by atoms with E-state index in [1.165, 1.54) is 6.33 Å². The zero-order valence-electron chi connectivity index (χ0n) is 15.7. The SMILES string of the molecule is Clc1ccccc1COC(C(=Cc1ccccc1)n1cncn1)c1ccccc1. The second-order valence-corrected chi connectivity index (χ2v) is 6.92. The molecule has 0 fully saturated rings. The molecule has 0 radical (unpaired) electrons. The Balaban J connectivity index is 1.75. The highest BCUT2D eigenvalue weighted by Crippen LogP contribution is 2.32. The maximum atomic E-state index is 6.41. The van der Waals surface area contributed by atoms with E-state index < -0.39 is 0 Å². The van der Waals surface area contributed by atoms with Crippen molar-refractivity contribution in [3.8, 4) is 0 Å². The molecule has 0 aliphatic heterocycles. The van der Waals surface area contributed by atoms with Crippen LogP contribution < -0.4 is 0 Å². The Kier molecular flexibility index (Phi) is 6.15. The largest absolute Gasteiger partial charge is 0.362 e. The molecular formula is C24H20ClN3O. The summed E-state index contributed by atoms with van der Waals surface area (Å²) >= 11 is 6.34. The number of aromatic nitrogens is 3. The summed E-state index contributed by atoms with van der Waals surface area (Å²) in [5.41, 5.74) is 3.89. The number of rotatable bonds is 7. The molecule has 3 aromatic carbocycles. The maximum absolute atomic E-state index is 6.41. The Labute approximate surface area is 175 Å². The van der Waals surface area contributed by atoms with Crippen molar-refractivity contribution in [2.75, 3.05) is 0 Å². The van der Waals surface area contributed by atoms with Crippen LogP contribution in [0.3, 0.4) is 0 Å². The predicted octanol–water partition coefficient (Wildman–Crippen LogP) is 5.89. The highest BCUT2D eigenvalue weighted by atomic mass is 35.5. The van der Waals surface area contributed by atoms with Gasteiger partial charge in [0.05, 0.1) is 12.3 Å². The first-order valence-electron chi connectivity index (χ1n) is 9.33. The van der Waals surface area contributed by atoms with E-state index in [2.05, 4.69) is 16.2 Å². The number of hydrogen-bond acceptors (Lipinski definition) is 3. The zero-order chi connectivity index (χ0) is 19.9. The molecule has 0 aliphatic carbocycles. The van der Waals surface area contributed by atoms with Gasteiger partial charge >= 0.3 is 0 Å². The van der Waals surface area contributed by atoms with Crippen molar-refractivity contribution in [2.24, 2.45) is 0 Å². The van der Waals surface area contributed by atoms with E-state index in [0.717, 1.165) is 22.4 Å². The van der Waals surface area contributed by atoms with Crippen LogP contribution in [0.4, 0.5) is 0 Å². The van der Waals surface area contributed by atoms with Crippen molar-refractivity contribution in [1.82, 2.24) is 14.8 Å². The van der Waals surface area contributed by atoms with Crippen LogP contribution in [0.2, 0.25) is 5.02 Å². The summed E-state index contributed by atoms with van der Waals surface area (Å²) < 4.78 is 8.16. The molecule has 1 unspecified atom stereocenters. The average Bonchev–Trinajstić information content (AvgIpc) is 3.30. The first kappa shape index (κ1) is 19.1. The average molecular weight is 402 g/mol. The molecule has 0 saturated heterocycles. The van der Waals surface area contributed by atoms with Gasteiger partial charge in [-0.1, -0.05) is 90.5 Å². The molecule has 0 amide bonds. The lowest BCUT2D eigenvalue weighted by atomic mass is 10.0. The van der Waals surface area contributed by atoms with Gasteiger partial charge in [0.1, 0.15) is 18.8 Å². The second-order valence-electron chi connectivity index (χ2n) is 6.51. The molecule has 4 aromatic rings. The van der Waals surface area contributed by atoms with Gasteiger partial charge in [-0.05, 0) is 28.8 Å². The third kappa shape index (κ3) is 4.80. The smallest absolute Gasteiger partial charge is 0.138 e. The van der Waals surface area contributed by atoms with Crippen LogP contribution in [0, 0.1) is 0 Å². The van der Waals surface area contributed by atoms with Crippen molar-refractivity contribution >= 4 is 23.4 Å². The van der Waals surface area contributed by atoms with Gasteiger partial charge in [0, 0.05) is 5.02 Å². The molecule has 4 nitrogen and oxygen atoms in total. The van der Waals surface area contributed by atoms with Gasteiger partial charge < -0.3 is 4.74 Å². The molecule has 0 spiro atoms. The van der Waals surface area contributed by atoms with E-state index in [4.69, 9.17) is 16.3 Å². The molecule has 5 heteroatoms. The topological polar surface area (TPSA) is 39.9 Å². The standard InChI is InChI=1S/C24H20ClN3O/c25-22-14-8-7-13-21(22)16-29-24(20-11-5-2-6-12-20)23(28-18-26-17-27-28)15-19-9-3-1-4-10-19/h1-15,17-18,24H,16H2. The number of halogens is 1. The minimum absolute atomic E-state index is 0.352. The lowest BCUT2D eigenvalue weighted by Gasteiger charge is -2.22. The molecule has 1 heterocycles. The van der Waals surface area contributed by atoms with Gasteiger partial charge in [-0.3, -0.25) is 0 Å². The summed E-state index contributed by atoms with van der Waals surface area (Å²) in [4.78, 5) is 4.13. The van der Waals surface area contributed by atoms with Crippen LogP contribution in [-0.2, 0) is 11.3 Å². The molecule has 0 bridgehead atoms. The Bertz CT molecular complexity index is 1060. The van der Waals surface area contributed by atoms with Crippen LogP contribution >= 0.6 is 11.6 Å². The van der Waals surface area contributed by atoms with E-state index in [9.17, 15) is 0 Å². The number of hydrogen-bond donors (Lipinski definition) is 0. The fourth-order valence-corrected chi connectivity index (χ4v) is 3.28. The summed E-state index contributed by atoms with van der Waals surface area (Å²) in [6, 6.07) is 27.9. The van der Waals surface area contributed by atoms with E-state index in [1.807, 2.05) is 84.9 Å². The van der Waals surface area contributed by atoms with Crippen molar-refractivity contribution in [1.29, 1.82) is 0 Å². The van der Waals surface area contributed by atoms with E-state index in [0.29, 0.717) is 11.6 Å². The van der Waals surface area contributed by atoms with Crippen LogP contribution in [-0.4, -0.2) is 14.8 Å². The maximum Gasteiger partial charge on any atom is 0.138 e. The zero-order valence-corrected chi connectivity index (χ0v) is 16.5. The lowest BCUT2D eigenvalue weighted by Crippen LogP contribution is -2.13. The van der Waals surface area contributed by atoms with Gasteiger partial charge in [-0.2, -0.15) is 5.10 Å². The minimum atomic E-state index is -0.352. The Hall–Kier alpha value is -3.21. The van der Waals surface area contributed by atoms with E-state index in [-0.39, 0.29) is 6.10 Å². The third-order valence-electron chi connectivity index (χ3n) is 4.53. The molecule has 4 rings (SSSR count). The van der Waals surface area contributed by atoms with Crippen LogP contribution in [0.5, 0.6) is 0 Å². The molecule has 0 N–H and O–H groups in total. The predicted molar refractivity (Wildman–Crippen MR) is 116 cm³/mol. The first-order valence-corrected chi connectivity index (χ1v) is 9.70. The minimum Gasteiger partial charge on any atom is -0.362 e. The molecule has 29 heavy (non-hydrogen) atoms. The van der Waals surface area contributed by atoms with Crippen LogP contribution in [0.1, 0.15) is 22.8 Å². The fraction of sp³-hybridized carbons (Fsp3) is 0.0833. The normalized spacial score (nSPS) is 12.7. The summed E-state index contributed by atoms with van der Waals surface area (Å²) in [7, 11) is 0. The quantitative estimate of drug-likeness (QED) is 0.387. The van der Waals surface area contributed by atoms with Crippen molar-refractivity contribution in [3.05, 3.63) is 119 Å². The van der Waals surface area contributed by atoms with Gasteiger partial charge in [-0.15, -0.1) is 0 Å². The highest BCUT2D eigenvalue weighted by molar-refractivity contribution is 6.31. The molecule has 0 saturated carbocycles. The molecule has 144 valence electrons. The summed E-state index contributed by atoms with van der Waals surface area (Å²) in [6.07, 6.45) is 4.92. The van der Waals surface area contributed by atoms with Gasteiger partial charge in [0.15, 0.2) is 0 Å². The summed E-state index contributed by atoms with van der Waals surface area (Å²) in [5.74, 6) is 0. The van der Waals surface area contributed by atoms with Crippen LogP contribution in [0.15, 0.2) is 97.6 Å². The van der Waals surface area contributed by atoms with Gasteiger partial charge in [-0.25, -0.2) is 9.67 Å². The molecule has 0 aliphatic rings. The fourth-order valence-electron chi connectivity index (χ4n) is 3.09. The monoisotopic (exact) mass is 401 g/mol. The van der Waals surface area contributed by atoms with E-state index >= 15 is 0 Å². The van der Waals surface area contributed by atoms with Crippen molar-refractivity contribution in [2.45, 2.75) is 12.7 Å². The Morgan fingerprint density at radius 1 is 0.931 bits per heavy atom. The first-order chi connectivity index (χ1) is 14.3. The highest BCUT2D eigenvalue weighted by Gasteiger charge is 2.21. The van der Waals surface area contributed by atoms with Crippen molar-refractivity contribution in [3.63, 3.8) is 0 Å². The Morgan fingerprint density at radius 2 is 1.62 bits per heavy atom. The molecule has 1 atom stereocenters. The van der Waals surface area contributed by atoms with Crippen molar-refractivity contribution < 1.29 is 4.74 Å². The Morgan fingerprint density at radius 3 is 2.31 bits per heavy atom.